The molecule has 1 aromatic carbocycles. The Hall–Kier alpha value is -0.890. The van der Waals surface area contributed by atoms with Crippen LogP contribution in [0.25, 0.3) is 0 Å². The van der Waals surface area contributed by atoms with Gasteiger partial charge in [0.25, 0.3) is 0 Å². The van der Waals surface area contributed by atoms with Gasteiger partial charge in [0.2, 0.25) is 0 Å². The number of benzene rings is 1. The van der Waals surface area contributed by atoms with Crippen molar-refractivity contribution in [1.82, 2.24) is 5.32 Å². The van der Waals surface area contributed by atoms with Crippen molar-refractivity contribution in [2.24, 2.45) is 5.92 Å². The van der Waals surface area contributed by atoms with Gasteiger partial charge in [-0.3, -0.25) is 0 Å². The minimum Gasteiger partial charge on any atom is -0.314 e. The van der Waals surface area contributed by atoms with Crippen molar-refractivity contribution >= 4 is 0 Å². The molecule has 2 unspecified atom stereocenters. The summed E-state index contributed by atoms with van der Waals surface area (Å²) in [5.41, 5.74) is 1.34. The molecule has 18 heavy (non-hydrogen) atoms. The van der Waals surface area contributed by atoms with E-state index in [9.17, 15) is 4.39 Å². The number of hydrogen-bond acceptors (Lipinski definition) is 1. The molecular formula is C16H22FN. The topological polar surface area (TPSA) is 12.0 Å². The average molecular weight is 247 g/mol. The van der Waals surface area contributed by atoms with Crippen LogP contribution in [-0.4, -0.2) is 12.6 Å². The molecule has 1 aliphatic carbocycles. The second-order valence-electron chi connectivity index (χ2n) is 5.81. The maximum atomic E-state index is 13.0. The van der Waals surface area contributed by atoms with Gasteiger partial charge >= 0.3 is 0 Å². The van der Waals surface area contributed by atoms with E-state index in [-0.39, 0.29) is 5.82 Å². The normalized spacial score (nSPS) is 32.6. The van der Waals surface area contributed by atoms with Gasteiger partial charge < -0.3 is 5.32 Å². The molecule has 0 radical (unpaired) electrons. The van der Waals surface area contributed by atoms with Crippen molar-refractivity contribution in [1.29, 1.82) is 0 Å². The van der Waals surface area contributed by atoms with Gasteiger partial charge in [-0.2, -0.15) is 0 Å². The average Bonchev–Trinajstić information content (AvgIpc) is 2.90. The summed E-state index contributed by atoms with van der Waals surface area (Å²) in [5, 5.41) is 3.70. The molecule has 1 saturated carbocycles. The molecule has 0 aromatic heterocycles. The van der Waals surface area contributed by atoms with Crippen LogP contribution in [0.2, 0.25) is 0 Å². The zero-order valence-electron chi connectivity index (χ0n) is 10.9. The minimum atomic E-state index is -0.121. The van der Waals surface area contributed by atoms with Crippen LogP contribution in [0.3, 0.4) is 0 Å². The summed E-state index contributed by atoms with van der Waals surface area (Å²) in [6.07, 6.45) is 7.94. The van der Waals surface area contributed by atoms with Crippen molar-refractivity contribution in [2.75, 3.05) is 6.54 Å². The Morgan fingerprint density at radius 2 is 1.78 bits per heavy atom. The Morgan fingerprint density at radius 3 is 2.50 bits per heavy atom. The molecule has 0 bridgehead atoms. The van der Waals surface area contributed by atoms with Crippen LogP contribution in [0.1, 0.15) is 50.0 Å². The standard InChI is InChI=1S/C16H22FN/c17-13-9-7-12(8-10-13)14-4-3-5-15(14)16-6-1-2-11-18-16/h7-10,14-16,18H,1-6,11H2/t14?,15?,16-/m1/s1. The maximum Gasteiger partial charge on any atom is 0.123 e. The summed E-state index contributed by atoms with van der Waals surface area (Å²) >= 11 is 0. The lowest BCUT2D eigenvalue weighted by atomic mass is 9.81. The van der Waals surface area contributed by atoms with Crippen LogP contribution in [0.15, 0.2) is 24.3 Å². The van der Waals surface area contributed by atoms with Crippen molar-refractivity contribution in [3.63, 3.8) is 0 Å². The molecule has 1 heterocycles. The monoisotopic (exact) mass is 247 g/mol. The molecule has 3 rings (SSSR count). The highest BCUT2D eigenvalue weighted by molar-refractivity contribution is 5.23. The van der Waals surface area contributed by atoms with E-state index in [0.29, 0.717) is 12.0 Å². The lowest BCUT2D eigenvalue weighted by Crippen LogP contribution is -2.40. The van der Waals surface area contributed by atoms with Crippen LogP contribution >= 0.6 is 0 Å². The van der Waals surface area contributed by atoms with Crippen LogP contribution < -0.4 is 5.32 Å². The summed E-state index contributed by atoms with van der Waals surface area (Å²) in [5.74, 6) is 1.28. The second-order valence-corrected chi connectivity index (χ2v) is 5.81. The fraction of sp³-hybridized carbons (Fsp3) is 0.625. The molecule has 2 aliphatic rings. The van der Waals surface area contributed by atoms with Gasteiger partial charge in [0.15, 0.2) is 0 Å². The summed E-state index contributed by atoms with van der Waals surface area (Å²) in [4.78, 5) is 0. The molecule has 2 heteroatoms. The molecule has 3 atom stereocenters. The Labute approximate surface area is 109 Å². The number of hydrogen-bond donors (Lipinski definition) is 1. The first-order valence-corrected chi connectivity index (χ1v) is 7.33. The van der Waals surface area contributed by atoms with Crippen LogP contribution in [0, 0.1) is 11.7 Å². The second kappa shape index (κ2) is 5.40. The minimum absolute atomic E-state index is 0.121. The number of piperidine rings is 1. The van der Waals surface area contributed by atoms with E-state index in [0.717, 1.165) is 5.92 Å². The lowest BCUT2D eigenvalue weighted by Gasteiger charge is -2.33. The summed E-state index contributed by atoms with van der Waals surface area (Å²) < 4.78 is 13.0. The third-order valence-corrected chi connectivity index (χ3v) is 4.73. The third-order valence-electron chi connectivity index (χ3n) is 4.73. The maximum absolute atomic E-state index is 13.0. The molecule has 1 aromatic rings. The third kappa shape index (κ3) is 2.44. The van der Waals surface area contributed by atoms with Gasteiger partial charge in [0.1, 0.15) is 5.82 Å². The van der Waals surface area contributed by atoms with E-state index in [1.807, 2.05) is 12.1 Å². The molecule has 1 saturated heterocycles. The van der Waals surface area contributed by atoms with Crippen molar-refractivity contribution in [2.45, 2.75) is 50.5 Å². The van der Waals surface area contributed by atoms with E-state index in [4.69, 9.17) is 0 Å². The summed E-state index contributed by atoms with van der Waals surface area (Å²) in [7, 11) is 0. The highest BCUT2D eigenvalue weighted by atomic mass is 19.1. The Kier molecular flexibility index (Phi) is 3.64. The summed E-state index contributed by atoms with van der Waals surface area (Å²) in [6, 6.07) is 7.89. The first kappa shape index (κ1) is 12.2. The molecule has 1 aliphatic heterocycles. The van der Waals surface area contributed by atoms with E-state index in [1.165, 1.54) is 50.6 Å². The zero-order chi connectivity index (χ0) is 12.4. The van der Waals surface area contributed by atoms with E-state index in [1.54, 1.807) is 12.1 Å². The van der Waals surface area contributed by atoms with Crippen molar-refractivity contribution in [3.05, 3.63) is 35.6 Å². The smallest absolute Gasteiger partial charge is 0.123 e. The Balaban J connectivity index is 1.75. The van der Waals surface area contributed by atoms with Crippen molar-refractivity contribution in [3.8, 4) is 0 Å². The lowest BCUT2D eigenvalue weighted by molar-refractivity contribution is 0.278. The summed E-state index contributed by atoms with van der Waals surface area (Å²) in [6.45, 7) is 1.18. The van der Waals surface area contributed by atoms with Crippen molar-refractivity contribution < 1.29 is 4.39 Å². The molecule has 1 nitrogen and oxygen atoms in total. The van der Waals surface area contributed by atoms with Gasteiger partial charge in [-0.1, -0.05) is 25.0 Å². The highest BCUT2D eigenvalue weighted by Gasteiger charge is 2.34. The van der Waals surface area contributed by atoms with E-state index in [2.05, 4.69) is 5.32 Å². The molecular weight excluding hydrogens is 225 g/mol. The van der Waals surface area contributed by atoms with E-state index >= 15 is 0 Å². The fourth-order valence-electron chi connectivity index (χ4n) is 3.84. The molecule has 0 spiro atoms. The van der Waals surface area contributed by atoms with Gasteiger partial charge in [-0.15, -0.1) is 0 Å². The molecule has 2 fully saturated rings. The zero-order valence-corrected chi connectivity index (χ0v) is 10.9. The Bertz CT molecular complexity index is 381. The first-order valence-electron chi connectivity index (χ1n) is 7.33. The number of rotatable bonds is 2. The van der Waals surface area contributed by atoms with Gasteiger partial charge in [-0.25, -0.2) is 4.39 Å². The Morgan fingerprint density at radius 1 is 0.944 bits per heavy atom. The fourth-order valence-corrected chi connectivity index (χ4v) is 3.84. The largest absolute Gasteiger partial charge is 0.314 e. The first-order chi connectivity index (χ1) is 8.84. The molecule has 0 amide bonds. The van der Waals surface area contributed by atoms with E-state index < -0.39 is 0 Å². The SMILES string of the molecule is Fc1ccc(C2CCCC2[C@H]2CCCCN2)cc1. The van der Waals surface area contributed by atoms with Gasteiger partial charge in [-0.05, 0) is 61.8 Å². The van der Waals surface area contributed by atoms with Crippen LogP contribution in [0.5, 0.6) is 0 Å². The van der Waals surface area contributed by atoms with Crippen LogP contribution in [0.4, 0.5) is 4.39 Å². The molecule has 1 N–H and O–H groups in total. The van der Waals surface area contributed by atoms with Crippen LogP contribution in [-0.2, 0) is 0 Å². The number of halogens is 1. The predicted molar refractivity (Wildman–Crippen MR) is 72.1 cm³/mol. The highest BCUT2D eigenvalue weighted by Crippen LogP contribution is 2.42. The van der Waals surface area contributed by atoms with Gasteiger partial charge in [0.05, 0.1) is 0 Å². The quantitative estimate of drug-likeness (QED) is 0.837. The number of nitrogens with one attached hydrogen (secondary N) is 1. The molecule has 98 valence electrons. The van der Waals surface area contributed by atoms with Gasteiger partial charge in [0, 0.05) is 6.04 Å². The predicted octanol–water partition coefficient (Wildman–Crippen LogP) is 3.85.